The first kappa shape index (κ1) is 13.4. The summed E-state index contributed by atoms with van der Waals surface area (Å²) in [7, 11) is 0. The summed E-state index contributed by atoms with van der Waals surface area (Å²) < 4.78 is 4.97. The zero-order chi connectivity index (χ0) is 13.8. The van der Waals surface area contributed by atoms with Gasteiger partial charge in [0.25, 0.3) is 0 Å². The average molecular weight is 292 g/mol. The van der Waals surface area contributed by atoms with E-state index in [4.69, 9.17) is 32.9 Å². The van der Waals surface area contributed by atoms with Crippen LogP contribution in [-0.2, 0) is 0 Å². The van der Waals surface area contributed by atoms with Crippen LogP contribution in [0.4, 0.5) is 0 Å². The molecule has 0 atom stereocenters. The molecular weight excluding hydrogens is 285 g/mol. The predicted octanol–water partition coefficient (Wildman–Crippen LogP) is 4.38. The first-order chi connectivity index (χ1) is 9.13. The van der Waals surface area contributed by atoms with Gasteiger partial charge in [-0.2, -0.15) is 5.26 Å². The maximum atomic E-state index is 12.0. The Bertz CT molecular complexity index is 662. The van der Waals surface area contributed by atoms with Crippen LogP contribution in [0.1, 0.15) is 16.1 Å². The standard InChI is InChI=1S/C14H7Cl2NO2/c15-11-3-1-4-12(16)10(11)7-9(8-17)14(18)13-5-2-6-19-13/h1-7H/b9-7+. The zero-order valence-corrected chi connectivity index (χ0v) is 11.1. The molecule has 94 valence electrons. The molecule has 0 aliphatic rings. The van der Waals surface area contributed by atoms with Crippen LogP contribution in [0.15, 0.2) is 46.6 Å². The molecule has 1 aromatic carbocycles. The van der Waals surface area contributed by atoms with Gasteiger partial charge in [0.2, 0.25) is 5.78 Å². The number of ketones is 1. The number of furan rings is 1. The lowest BCUT2D eigenvalue weighted by Crippen LogP contribution is -2.00. The molecule has 1 heterocycles. The maximum absolute atomic E-state index is 12.0. The van der Waals surface area contributed by atoms with Gasteiger partial charge in [0.15, 0.2) is 5.76 Å². The van der Waals surface area contributed by atoms with Gasteiger partial charge in [0.1, 0.15) is 11.6 Å². The fourth-order valence-corrected chi connectivity index (χ4v) is 1.99. The zero-order valence-electron chi connectivity index (χ0n) is 9.56. The van der Waals surface area contributed by atoms with Gasteiger partial charge in [-0.25, -0.2) is 0 Å². The second kappa shape index (κ2) is 5.75. The molecule has 0 unspecified atom stereocenters. The second-order valence-electron chi connectivity index (χ2n) is 3.61. The van der Waals surface area contributed by atoms with Crippen molar-refractivity contribution >= 4 is 35.1 Å². The molecule has 1 aromatic heterocycles. The molecule has 0 bridgehead atoms. The van der Waals surface area contributed by atoms with Crippen molar-refractivity contribution in [1.29, 1.82) is 5.26 Å². The quantitative estimate of drug-likeness (QED) is 0.479. The number of Topliss-reactive ketones (excluding diaryl/α,β-unsaturated/α-hetero) is 1. The molecule has 0 amide bonds. The third-order valence-corrected chi connectivity index (χ3v) is 3.06. The summed E-state index contributed by atoms with van der Waals surface area (Å²) in [6.07, 6.45) is 2.72. The Morgan fingerprint density at radius 3 is 2.42 bits per heavy atom. The van der Waals surface area contributed by atoms with E-state index in [1.54, 1.807) is 24.3 Å². The molecule has 3 nitrogen and oxygen atoms in total. The summed E-state index contributed by atoms with van der Waals surface area (Å²) in [6, 6.07) is 9.83. The monoisotopic (exact) mass is 291 g/mol. The summed E-state index contributed by atoms with van der Waals surface area (Å²) in [5, 5.41) is 9.81. The van der Waals surface area contributed by atoms with Crippen molar-refractivity contribution in [3.63, 3.8) is 0 Å². The number of halogens is 2. The fourth-order valence-electron chi connectivity index (χ4n) is 1.48. The normalized spacial score (nSPS) is 11.1. The lowest BCUT2D eigenvalue weighted by molar-refractivity contribution is 0.101. The van der Waals surface area contributed by atoms with Crippen molar-refractivity contribution in [2.24, 2.45) is 0 Å². The maximum Gasteiger partial charge on any atom is 0.238 e. The van der Waals surface area contributed by atoms with Crippen molar-refractivity contribution < 1.29 is 9.21 Å². The molecule has 0 saturated carbocycles. The molecule has 19 heavy (non-hydrogen) atoms. The highest BCUT2D eigenvalue weighted by Gasteiger charge is 2.16. The molecule has 0 spiro atoms. The Kier molecular flexibility index (Phi) is 4.06. The Morgan fingerprint density at radius 1 is 1.21 bits per heavy atom. The average Bonchev–Trinajstić information content (AvgIpc) is 2.92. The van der Waals surface area contributed by atoms with E-state index < -0.39 is 5.78 Å². The number of nitriles is 1. The molecule has 0 aliphatic carbocycles. The van der Waals surface area contributed by atoms with Crippen molar-refractivity contribution in [2.45, 2.75) is 0 Å². The number of allylic oxidation sites excluding steroid dienone is 1. The molecular formula is C14H7Cl2NO2. The smallest absolute Gasteiger partial charge is 0.238 e. The number of hydrogen-bond acceptors (Lipinski definition) is 3. The minimum absolute atomic E-state index is 0.0926. The van der Waals surface area contributed by atoms with Crippen LogP contribution in [0.25, 0.3) is 6.08 Å². The van der Waals surface area contributed by atoms with Crippen LogP contribution in [0.3, 0.4) is 0 Å². The van der Waals surface area contributed by atoms with Gasteiger partial charge in [-0.1, -0.05) is 29.3 Å². The summed E-state index contributed by atoms with van der Waals surface area (Å²) in [5.41, 5.74) is 0.340. The van der Waals surface area contributed by atoms with E-state index >= 15 is 0 Å². The molecule has 2 rings (SSSR count). The number of benzene rings is 1. The van der Waals surface area contributed by atoms with Crippen molar-refractivity contribution in [1.82, 2.24) is 0 Å². The van der Waals surface area contributed by atoms with E-state index in [9.17, 15) is 4.79 Å². The van der Waals surface area contributed by atoms with E-state index in [-0.39, 0.29) is 11.3 Å². The Hall–Kier alpha value is -2.02. The van der Waals surface area contributed by atoms with Gasteiger partial charge in [-0.05, 0) is 30.3 Å². The minimum atomic E-state index is -0.511. The Morgan fingerprint density at radius 2 is 1.89 bits per heavy atom. The SMILES string of the molecule is N#C/C(=C\c1c(Cl)cccc1Cl)C(=O)c1ccco1. The van der Waals surface area contributed by atoms with E-state index in [1.807, 2.05) is 6.07 Å². The van der Waals surface area contributed by atoms with Gasteiger partial charge in [-0.3, -0.25) is 4.79 Å². The predicted molar refractivity (Wildman–Crippen MR) is 73.1 cm³/mol. The van der Waals surface area contributed by atoms with Crippen LogP contribution in [-0.4, -0.2) is 5.78 Å². The summed E-state index contributed by atoms with van der Waals surface area (Å²) in [5.74, 6) is -0.417. The van der Waals surface area contributed by atoms with E-state index in [1.165, 1.54) is 18.4 Å². The van der Waals surface area contributed by atoms with Crippen molar-refractivity contribution in [3.8, 4) is 6.07 Å². The van der Waals surface area contributed by atoms with Gasteiger partial charge in [-0.15, -0.1) is 0 Å². The van der Waals surface area contributed by atoms with Crippen molar-refractivity contribution in [2.75, 3.05) is 0 Å². The fraction of sp³-hybridized carbons (Fsp3) is 0. The number of rotatable bonds is 3. The molecule has 0 saturated heterocycles. The third-order valence-electron chi connectivity index (χ3n) is 2.40. The van der Waals surface area contributed by atoms with Crippen LogP contribution >= 0.6 is 23.2 Å². The highest BCUT2D eigenvalue weighted by Crippen LogP contribution is 2.27. The molecule has 0 fully saturated rings. The van der Waals surface area contributed by atoms with E-state index in [0.717, 1.165) is 0 Å². The summed E-state index contributed by atoms with van der Waals surface area (Å²) >= 11 is 12.0. The van der Waals surface area contributed by atoms with E-state index in [0.29, 0.717) is 15.6 Å². The van der Waals surface area contributed by atoms with Crippen LogP contribution in [0.5, 0.6) is 0 Å². The van der Waals surface area contributed by atoms with Crippen LogP contribution < -0.4 is 0 Å². The number of nitrogens with zero attached hydrogens (tertiary/aromatic N) is 1. The lowest BCUT2D eigenvalue weighted by Gasteiger charge is -2.02. The van der Waals surface area contributed by atoms with Crippen molar-refractivity contribution in [3.05, 3.63) is 63.5 Å². The molecule has 0 aliphatic heterocycles. The number of hydrogen-bond donors (Lipinski definition) is 0. The molecule has 0 N–H and O–H groups in total. The summed E-state index contributed by atoms with van der Waals surface area (Å²) in [4.78, 5) is 12.0. The Labute approximate surface area is 119 Å². The van der Waals surface area contributed by atoms with Gasteiger partial charge >= 0.3 is 0 Å². The molecule has 5 heteroatoms. The van der Waals surface area contributed by atoms with Crippen LogP contribution in [0, 0.1) is 11.3 Å². The third kappa shape index (κ3) is 2.87. The van der Waals surface area contributed by atoms with E-state index in [2.05, 4.69) is 0 Å². The van der Waals surface area contributed by atoms with Gasteiger partial charge in [0, 0.05) is 15.6 Å². The first-order valence-electron chi connectivity index (χ1n) is 5.27. The highest BCUT2D eigenvalue weighted by molar-refractivity contribution is 6.37. The summed E-state index contributed by atoms with van der Waals surface area (Å²) in [6.45, 7) is 0. The minimum Gasteiger partial charge on any atom is -0.461 e. The van der Waals surface area contributed by atoms with Gasteiger partial charge in [0.05, 0.1) is 6.26 Å². The largest absolute Gasteiger partial charge is 0.461 e. The van der Waals surface area contributed by atoms with Gasteiger partial charge < -0.3 is 4.42 Å². The van der Waals surface area contributed by atoms with Crippen LogP contribution in [0.2, 0.25) is 10.0 Å². The Balaban J connectivity index is 2.46. The lowest BCUT2D eigenvalue weighted by atomic mass is 10.1. The first-order valence-corrected chi connectivity index (χ1v) is 6.03. The number of carbonyl (C=O) groups excluding carboxylic acids is 1. The second-order valence-corrected chi connectivity index (χ2v) is 4.43. The highest BCUT2D eigenvalue weighted by atomic mass is 35.5. The molecule has 0 radical (unpaired) electrons. The molecule has 2 aromatic rings. The number of carbonyl (C=O) groups is 1. The topological polar surface area (TPSA) is 54.0 Å².